The number of hydrogen-bond acceptors (Lipinski definition) is 7. The lowest BCUT2D eigenvalue weighted by atomic mass is 9.95. The summed E-state index contributed by atoms with van der Waals surface area (Å²) in [5.74, 6) is -0.549. The van der Waals surface area contributed by atoms with E-state index in [2.05, 4.69) is 4.99 Å². The second-order valence-corrected chi connectivity index (χ2v) is 10.2. The van der Waals surface area contributed by atoms with E-state index in [9.17, 15) is 22.8 Å². The van der Waals surface area contributed by atoms with E-state index in [0.717, 1.165) is 15.9 Å². The van der Waals surface area contributed by atoms with Crippen LogP contribution in [0, 0.1) is 0 Å². The van der Waals surface area contributed by atoms with Gasteiger partial charge >= 0.3 is 12.1 Å². The van der Waals surface area contributed by atoms with Gasteiger partial charge in [-0.2, -0.15) is 13.2 Å². The summed E-state index contributed by atoms with van der Waals surface area (Å²) in [4.78, 5) is 30.1. The van der Waals surface area contributed by atoms with Gasteiger partial charge in [0.15, 0.2) is 22.0 Å². The first kappa shape index (κ1) is 29.7. The Labute approximate surface area is 240 Å². The number of aromatic nitrogens is 1. The van der Waals surface area contributed by atoms with Crippen LogP contribution in [0.3, 0.4) is 0 Å². The number of carbonyl (C=O) groups is 1. The van der Waals surface area contributed by atoms with Gasteiger partial charge in [-0.3, -0.25) is 9.36 Å². The summed E-state index contributed by atoms with van der Waals surface area (Å²) in [6.45, 7) is 5.53. The number of ether oxygens (including phenoxy) is 3. The fourth-order valence-corrected chi connectivity index (χ4v) is 5.57. The van der Waals surface area contributed by atoms with Crippen LogP contribution in [-0.4, -0.2) is 36.5 Å². The summed E-state index contributed by atoms with van der Waals surface area (Å²) in [6.07, 6.45) is -3.54. The summed E-state index contributed by atoms with van der Waals surface area (Å²) in [6, 6.07) is 7.51. The Kier molecular flexibility index (Phi) is 8.96. The number of nitrogens with zero attached hydrogens (tertiary/aromatic N) is 2. The molecule has 0 saturated carbocycles. The quantitative estimate of drug-likeness (QED) is 0.316. The van der Waals surface area contributed by atoms with Gasteiger partial charge in [0.05, 0.1) is 41.0 Å². The molecule has 0 radical (unpaired) electrons. The van der Waals surface area contributed by atoms with Crippen LogP contribution in [0.25, 0.3) is 6.08 Å². The number of esters is 1. The SMILES string of the molecule is CCOC(=O)C1=C(C(F)(F)F)N=c2s/c(=C\c3cc(Cl)c(OCC)c(OCC)c3)c(=O)n2[C@H]1c1ccc(Cl)cc1. The number of benzene rings is 2. The lowest BCUT2D eigenvalue weighted by molar-refractivity contribution is -0.140. The number of halogens is 5. The molecule has 1 aliphatic heterocycles. The van der Waals surface area contributed by atoms with Crippen molar-refractivity contribution < 1.29 is 32.2 Å². The van der Waals surface area contributed by atoms with Gasteiger partial charge in [0.2, 0.25) is 0 Å². The maximum absolute atomic E-state index is 14.2. The van der Waals surface area contributed by atoms with Gasteiger partial charge in [-0.1, -0.05) is 46.7 Å². The van der Waals surface area contributed by atoms with E-state index in [-0.39, 0.29) is 26.5 Å². The van der Waals surface area contributed by atoms with Gasteiger partial charge in [-0.15, -0.1) is 0 Å². The molecule has 0 aliphatic carbocycles. The largest absolute Gasteiger partial charge is 0.490 e. The van der Waals surface area contributed by atoms with E-state index in [0.29, 0.717) is 35.3 Å². The lowest BCUT2D eigenvalue weighted by Crippen LogP contribution is -2.41. The average molecular weight is 615 g/mol. The van der Waals surface area contributed by atoms with Crippen LogP contribution >= 0.6 is 34.5 Å². The van der Waals surface area contributed by atoms with Gasteiger partial charge in [0.25, 0.3) is 5.56 Å². The van der Waals surface area contributed by atoms with Gasteiger partial charge < -0.3 is 14.2 Å². The highest BCUT2D eigenvalue weighted by atomic mass is 35.5. The van der Waals surface area contributed by atoms with Crippen molar-refractivity contribution in [1.82, 2.24) is 4.57 Å². The van der Waals surface area contributed by atoms with Gasteiger partial charge in [-0.25, -0.2) is 9.79 Å². The highest BCUT2D eigenvalue weighted by Crippen LogP contribution is 2.39. The number of carbonyl (C=O) groups excluding carboxylic acids is 1. The maximum Gasteiger partial charge on any atom is 0.434 e. The van der Waals surface area contributed by atoms with Gasteiger partial charge in [-0.05, 0) is 62.2 Å². The first-order valence-electron chi connectivity index (χ1n) is 12.1. The molecule has 0 unspecified atom stereocenters. The Balaban J connectivity index is 2.00. The minimum absolute atomic E-state index is 0.0621. The molecule has 1 atom stereocenters. The summed E-state index contributed by atoms with van der Waals surface area (Å²) in [5, 5.41) is 0.557. The molecule has 1 aromatic heterocycles. The first-order chi connectivity index (χ1) is 19.0. The normalized spacial score (nSPS) is 15.5. The molecule has 2 aromatic carbocycles. The molecule has 0 saturated heterocycles. The minimum Gasteiger partial charge on any atom is -0.490 e. The predicted octanol–water partition coefficient (Wildman–Crippen LogP) is 5.44. The molecule has 4 rings (SSSR count). The molecule has 0 N–H and O–H groups in total. The van der Waals surface area contributed by atoms with E-state index >= 15 is 0 Å². The molecule has 0 bridgehead atoms. The second-order valence-electron chi connectivity index (χ2n) is 8.31. The highest BCUT2D eigenvalue weighted by molar-refractivity contribution is 7.07. The molecule has 13 heteroatoms. The van der Waals surface area contributed by atoms with Gasteiger partial charge in [0.1, 0.15) is 0 Å². The Morgan fingerprint density at radius 1 is 1.07 bits per heavy atom. The fraction of sp³-hybridized carbons (Fsp3) is 0.296. The molecular weight excluding hydrogens is 592 g/mol. The summed E-state index contributed by atoms with van der Waals surface area (Å²) < 4.78 is 60.0. The maximum atomic E-state index is 14.2. The minimum atomic E-state index is -5.00. The predicted molar refractivity (Wildman–Crippen MR) is 146 cm³/mol. The van der Waals surface area contributed by atoms with Crippen LogP contribution in [0.4, 0.5) is 13.2 Å². The van der Waals surface area contributed by atoms with Crippen molar-refractivity contribution in [3.63, 3.8) is 0 Å². The smallest absolute Gasteiger partial charge is 0.434 e. The van der Waals surface area contributed by atoms with E-state index < -0.39 is 35.0 Å². The Hall–Kier alpha value is -3.28. The Morgan fingerprint density at radius 3 is 2.35 bits per heavy atom. The van der Waals surface area contributed by atoms with Crippen LogP contribution in [0.2, 0.25) is 10.0 Å². The van der Waals surface area contributed by atoms with Crippen LogP contribution in [0.15, 0.2) is 57.5 Å². The topological polar surface area (TPSA) is 79.1 Å². The molecule has 212 valence electrons. The molecule has 0 amide bonds. The van der Waals surface area contributed by atoms with Crippen LogP contribution < -0.4 is 24.4 Å². The Bertz CT molecular complexity index is 1650. The number of hydrogen-bond donors (Lipinski definition) is 0. The fourth-order valence-electron chi connectivity index (χ4n) is 4.17. The number of alkyl halides is 3. The third-order valence-electron chi connectivity index (χ3n) is 5.70. The van der Waals surface area contributed by atoms with E-state index in [1.165, 1.54) is 37.3 Å². The van der Waals surface area contributed by atoms with Crippen LogP contribution in [0.5, 0.6) is 11.5 Å². The molecular formula is C27H23Cl2F3N2O5S. The summed E-state index contributed by atoms with van der Waals surface area (Å²) >= 11 is 13.2. The number of fused-ring (bicyclic) bond motifs is 1. The number of allylic oxidation sites excluding steroid dienone is 1. The van der Waals surface area contributed by atoms with Crippen molar-refractivity contribution >= 4 is 46.6 Å². The average Bonchev–Trinajstić information content (AvgIpc) is 3.20. The van der Waals surface area contributed by atoms with Crippen molar-refractivity contribution in [2.24, 2.45) is 4.99 Å². The number of thiazole rings is 1. The first-order valence-corrected chi connectivity index (χ1v) is 13.7. The Morgan fingerprint density at radius 2 is 1.75 bits per heavy atom. The molecule has 3 aromatic rings. The molecule has 0 fully saturated rings. The van der Waals surface area contributed by atoms with Crippen molar-refractivity contribution in [2.75, 3.05) is 19.8 Å². The summed E-state index contributed by atoms with van der Waals surface area (Å²) in [5.41, 5.74) is -2.21. The summed E-state index contributed by atoms with van der Waals surface area (Å²) in [7, 11) is 0. The van der Waals surface area contributed by atoms with Gasteiger partial charge in [0, 0.05) is 5.02 Å². The molecule has 1 aliphatic rings. The zero-order valence-corrected chi connectivity index (χ0v) is 23.8. The van der Waals surface area contributed by atoms with E-state index in [1.807, 2.05) is 0 Å². The van der Waals surface area contributed by atoms with Crippen LogP contribution in [0.1, 0.15) is 37.9 Å². The number of rotatable bonds is 8. The monoisotopic (exact) mass is 614 g/mol. The third kappa shape index (κ3) is 5.91. The molecule has 40 heavy (non-hydrogen) atoms. The molecule has 2 heterocycles. The van der Waals surface area contributed by atoms with E-state index in [4.69, 9.17) is 37.4 Å². The highest BCUT2D eigenvalue weighted by Gasteiger charge is 2.45. The molecule has 7 nitrogen and oxygen atoms in total. The second kappa shape index (κ2) is 12.1. The van der Waals surface area contributed by atoms with Crippen molar-refractivity contribution in [3.05, 3.63) is 88.5 Å². The zero-order chi connectivity index (χ0) is 29.2. The van der Waals surface area contributed by atoms with Crippen molar-refractivity contribution in [3.8, 4) is 11.5 Å². The van der Waals surface area contributed by atoms with Crippen molar-refractivity contribution in [1.29, 1.82) is 0 Å². The zero-order valence-electron chi connectivity index (χ0n) is 21.5. The van der Waals surface area contributed by atoms with Crippen molar-refractivity contribution in [2.45, 2.75) is 33.0 Å². The standard InChI is InChI=1S/C27H23Cl2F3N2O5S/c1-4-37-18-12-14(11-17(29)22(18)38-5-2)13-19-24(35)34-21(15-7-9-16(28)10-8-15)20(25(36)39-6-3)23(27(30,31)32)33-26(34)40-19/h7-13,21H,4-6H2,1-3H3/b19-13-/t21-/m0/s1. The molecule has 0 spiro atoms. The van der Waals surface area contributed by atoms with E-state index in [1.54, 1.807) is 26.0 Å². The lowest BCUT2D eigenvalue weighted by Gasteiger charge is -2.26. The van der Waals surface area contributed by atoms with Crippen LogP contribution in [-0.2, 0) is 9.53 Å². The third-order valence-corrected chi connectivity index (χ3v) is 7.21.